The fourth-order valence-electron chi connectivity index (χ4n) is 4.64. The predicted octanol–water partition coefficient (Wildman–Crippen LogP) is 4.29. The van der Waals surface area contributed by atoms with Gasteiger partial charge in [-0.2, -0.15) is 0 Å². The monoisotopic (exact) mass is 384 g/mol. The summed E-state index contributed by atoms with van der Waals surface area (Å²) in [5, 5.41) is 12.9. The van der Waals surface area contributed by atoms with Gasteiger partial charge in [-0.1, -0.05) is 72.8 Å². The molecule has 0 aromatic heterocycles. The van der Waals surface area contributed by atoms with Crippen molar-refractivity contribution in [3.63, 3.8) is 0 Å². The van der Waals surface area contributed by atoms with E-state index in [1.807, 2.05) is 42.5 Å². The van der Waals surface area contributed by atoms with E-state index in [9.17, 15) is 9.90 Å². The van der Waals surface area contributed by atoms with Crippen molar-refractivity contribution in [3.8, 4) is 0 Å². The molecule has 0 fully saturated rings. The molecule has 4 heteroatoms. The average molecular weight is 384 g/mol. The molecule has 2 atom stereocenters. The molecule has 0 radical (unpaired) electrons. The fourth-order valence-corrected chi connectivity index (χ4v) is 4.64. The van der Waals surface area contributed by atoms with Gasteiger partial charge in [0, 0.05) is 42.2 Å². The van der Waals surface area contributed by atoms with Crippen LogP contribution in [-0.4, -0.2) is 40.4 Å². The van der Waals surface area contributed by atoms with Crippen LogP contribution in [0.15, 0.2) is 78.9 Å². The lowest BCUT2D eigenvalue weighted by Crippen LogP contribution is -2.44. The Hall–Kier alpha value is -2.95. The summed E-state index contributed by atoms with van der Waals surface area (Å²) in [5.74, 6) is -0.0920. The van der Waals surface area contributed by atoms with Crippen LogP contribution in [0.5, 0.6) is 0 Å². The lowest BCUT2D eigenvalue weighted by Gasteiger charge is -2.38. The van der Waals surface area contributed by atoms with Crippen molar-refractivity contribution in [3.05, 3.63) is 95.6 Å². The number of hydrogen-bond acceptors (Lipinski definition) is 3. The Bertz CT molecular complexity index is 1070. The van der Waals surface area contributed by atoms with Crippen LogP contribution in [0.3, 0.4) is 0 Å². The van der Waals surface area contributed by atoms with Gasteiger partial charge in [-0.05, 0) is 23.4 Å². The quantitative estimate of drug-likeness (QED) is 0.683. The largest absolute Gasteiger partial charge is 0.369 e. The van der Waals surface area contributed by atoms with Crippen molar-refractivity contribution < 1.29 is 9.90 Å². The minimum Gasteiger partial charge on any atom is -0.369 e. The lowest BCUT2D eigenvalue weighted by molar-refractivity contribution is -0.000420. The molecule has 3 aromatic rings. The van der Waals surface area contributed by atoms with Crippen molar-refractivity contribution in [1.82, 2.24) is 9.80 Å². The lowest BCUT2D eigenvalue weighted by atomic mass is 9.93. The van der Waals surface area contributed by atoms with E-state index in [2.05, 4.69) is 41.3 Å². The number of carbonyl (C=O) groups excluding carboxylic acids is 1. The number of aliphatic hydroxyl groups is 1. The van der Waals surface area contributed by atoms with Gasteiger partial charge in [-0.15, -0.1) is 0 Å². The first-order valence-corrected chi connectivity index (χ1v) is 10.2. The van der Waals surface area contributed by atoms with Gasteiger partial charge in [0.25, 0.3) is 5.91 Å². The first-order valence-electron chi connectivity index (χ1n) is 10.2. The SMILES string of the molecule is O=C1c2cccc3cccc(c23)C(O)N1CCN1CC=CCC1c1ccccc1. The van der Waals surface area contributed by atoms with Crippen LogP contribution in [0, 0.1) is 0 Å². The van der Waals surface area contributed by atoms with E-state index >= 15 is 0 Å². The highest BCUT2D eigenvalue weighted by molar-refractivity contribution is 6.10. The summed E-state index contributed by atoms with van der Waals surface area (Å²) in [6, 6.07) is 22.4. The molecule has 2 aliphatic rings. The number of amides is 1. The second-order valence-corrected chi connectivity index (χ2v) is 7.75. The van der Waals surface area contributed by atoms with E-state index in [1.165, 1.54) is 5.56 Å². The van der Waals surface area contributed by atoms with Crippen LogP contribution in [-0.2, 0) is 0 Å². The van der Waals surface area contributed by atoms with Crippen LogP contribution in [0.2, 0.25) is 0 Å². The number of hydrogen-bond donors (Lipinski definition) is 1. The molecule has 0 saturated carbocycles. The smallest absolute Gasteiger partial charge is 0.256 e. The third-order valence-corrected chi connectivity index (χ3v) is 6.12. The van der Waals surface area contributed by atoms with E-state index in [1.54, 1.807) is 4.90 Å². The van der Waals surface area contributed by atoms with Crippen molar-refractivity contribution >= 4 is 16.7 Å². The molecule has 5 rings (SSSR count). The minimum absolute atomic E-state index is 0.0920. The highest BCUT2D eigenvalue weighted by Crippen LogP contribution is 2.36. The number of nitrogens with zero attached hydrogens (tertiary/aromatic N) is 2. The summed E-state index contributed by atoms with van der Waals surface area (Å²) in [6.07, 6.45) is 4.47. The number of aliphatic hydroxyl groups excluding tert-OH is 1. The second-order valence-electron chi connectivity index (χ2n) is 7.75. The maximum Gasteiger partial charge on any atom is 0.256 e. The van der Waals surface area contributed by atoms with Gasteiger partial charge in [0.05, 0.1) is 0 Å². The van der Waals surface area contributed by atoms with Crippen molar-refractivity contribution in [1.29, 1.82) is 0 Å². The molecule has 146 valence electrons. The Labute approximate surface area is 170 Å². The molecular weight excluding hydrogens is 360 g/mol. The highest BCUT2D eigenvalue weighted by atomic mass is 16.3. The highest BCUT2D eigenvalue weighted by Gasteiger charge is 2.33. The first-order chi connectivity index (χ1) is 14.2. The molecule has 0 spiro atoms. The molecule has 0 bridgehead atoms. The Balaban J connectivity index is 1.40. The summed E-state index contributed by atoms with van der Waals surface area (Å²) in [6.45, 7) is 2.05. The van der Waals surface area contributed by atoms with Gasteiger partial charge >= 0.3 is 0 Å². The van der Waals surface area contributed by atoms with Crippen LogP contribution >= 0.6 is 0 Å². The van der Waals surface area contributed by atoms with E-state index in [0.717, 1.165) is 29.3 Å². The number of rotatable bonds is 4. The molecule has 2 unspecified atom stereocenters. The van der Waals surface area contributed by atoms with Gasteiger partial charge < -0.3 is 10.0 Å². The van der Waals surface area contributed by atoms with E-state index in [0.29, 0.717) is 24.7 Å². The van der Waals surface area contributed by atoms with Gasteiger partial charge in [0.1, 0.15) is 0 Å². The molecule has 0 saturated heterocycles. The second kappa shape index (κ2) is 7.47. The summed E-state index contributed by atoms with van der Waals surface area (Å²) in [4.78, 5) is 17.2. The van der Waals surface area contributed by atoms with E-state index < -0.39 is 6.23 Å². The van der Waals surface area contributed by atoms with Crippen molar-refractivity contribution in [2.24, 2.45) is 0 Å². The maximum atomic E-state index is 13.2. The van der Waals surface area contributed by atoms with Crippen LogP contribution in [0.1, 0.15) is 40.2 Å². The molecule has 2 aliphatic heterocycles. The van der Waals surface area contributed by atoms with Crippen molar-refractivity contribution in [2.45, 2.75) is 18.7 Å². The Kier molecular flexibility index (Phi) is 4.66. The first kappa shape index (κ1) is 18.1. The summed E-state index contributed by atoms with van der Waals surface area (Å²) in [7, 11) is 0. The normalized spacial score (nSPS) is 21.7. The fraction of sp³-hybridized carbons (Fsp3) is 0.240. The third kappa shape index (κ3) is 3.15. The predicted molar refractivity (Wildman–Crippen MR) is 114 cm³/mol. The van der Waals surface area contributed by atoms with E-state index in [-0.39, 0.29) is 5.91 Å². The zero-order chi connectivity index (χ0) is 19.8. The Morgan fingerprint density at radius 1 is 0.897 bits per heavy atom. The van der Waals surface area contributed by atoms with Gasteiger partial charge in [-0.25, -0.2) is 0 Å². The van der Waals surface area contributed by atoms with Gasteiger partial charge in [0.15, 0.2) is 6.23 Å². The summed E-state index contributed by atoms with van der Waals surface area (Å²) in [5.41, 5.74) is 2.79. The third-order valence-electron chi connectivity index (χ3n) is 6.12. The topological polar surface area (TPSA) is 43.8 Å². The minimum atomic E-state index is -0.906. The van der Waals surface area contributed by atoms with Gasteiger partial charge in [-0.3, -0.25) is 9.69 Å². The van der Waals surface area contributed by atoms with Crippen molar-refractivity contribution in [2.75, 3.05) is 19.6 Å². The summed E-state index contributed by atoms with van der Waals surface area (Å²) < 4.78 is 0. The zero-order valence-electron chi connectivity index (χ0n) is 16.2. The van der Waals surface area contributed by atoms with Crippen LogP contribution in [0.4, 0.5) is 0 Å². The van der Waals surface area contributed by atoms with Crippen LogP contribution in [0.25, 0.3) is 10.8 Å². The van der Waals surface area contributed by atoms with Crippen LogP contribution < -0.4 is 0 Å². The molecule has 29 heavy (non-hydrogen) atoms. The average Bonchev–Trinajstić information content (AvgIpc) is 2.78. The molecule has 0 aliphatic carbocycles. The number of carbonyl (C=O) groups is 1. The Morgan fingerprint density at radius 3 is 2.52 bits per heavy atom. The molecular formula is C25H24N2O2. The zero-order valence-corrected chi connectivity index (χ0v) is 16.2. The molecule has 1 N–H and O–H groups in total. The Morgan fingerprint density at radius 2 is 1.69 bits per heavy atom. The molecule has 4 nitrogen and oxygen atoms in total. The molecule has 1 amide bonds. The summed E-state index contributed by atoms with van der Waals surface area (Å²) >= 11 is 0. The molecule has 3 aromatic carbocycles. The maximum absolute atomic E-state index is 13.2. The standard InChI is InChI=1S/C25H24N2O2/c28-24-20-12-6-10-19-11-7-13-21(23(19)20)25(29)27(24)17-16-26-15-5-4-14-22(26)18-8-2-1-3-9-18/h1-13,22,24,28H,14-17H2. The molecule has 2 heterocycles. The van der Waals surface area contributed by atoms with E-state index in [4.69, 9.17) is 0 Å². The number of benzene rings is 3. The van der Waals surface area contributed by atoms with Gasteiger partial charge in [0.2, 0.25) is 0 Å².